The van der Waals surface area contributed by atoms with Crippen LogP contribution < -0.4 is 5.32 Å². The lowest BCUT2D eigenvalue weighted by Gasteiger charge is -2.09. The Balaban J connectivity index is 2.70. The predicted molar refractivity (Wildman–Crippen MR) is 60.0 cm³/mol. The van der Waals surface area contributed by atoms with Crippen LogP contribution in [0.15, 0.2) is 42.1 Å². The number of aliphatic carboxylic acids is 1. The number of ketones is 1. The summed E-state index contributed by atoms with van der Waals surface area (Å²) >= 11 is 0. The van der Waals surface area contributed by atoms with Crippen molar-refractivity contribution in [2.75, 3.05) is 0 Å². The van der Waals surface area contributed by atoms with Gasteiger partial charge in [-0.25, -0.2) is 13.6 Å². The second-order valence-electron chi connectivity index (χ2n) is 3.41. The number of hydrogen-bond donors (Lipinski definition) is 2. The molecule has 0 aromatic heterocycles. The molecule has 0 aliphatic carbocycles. The first-order chi connectivity index (χ1) is 8.50. The molecule has 0 bridgehead atoms. The minimum Gasteiger partial charge on any atom is -0.475 e. The third-order valence-electron chi connectivity index (χ3n) is 2.07. The summed E-state index contributed by atoms with van der Waals surface area (Å²) in [7, 11) is 0. The molecule has 0 fully saturated rings. The van der Waals surface area contributed by atoms with Gasteiger partial charge in [-0.15, -0.1) is 0 Å². The van der Waals surface area contributed by atoms with Crippen LogP contribution in [0.3, 0.4) is 0 Å². The summed E-state index contributed by atoms with van der Waals surface area (Å²) in [5.41, 5.74) is 0.0399. The van der Waals surface area contributed by atoms with Crippen molar-refractivity contribution in [2.45, 2.75) is 13.0 Å². The second kappa shape index (κ2) is 6.48. The fourth-order valence-corrected chi connectivity index (χ4v) is 1.19. The molecule has 0 amide bonds. The number of carbonyl (C=O) groups is 2. The van der Waals surface area contributed by atoms with Gasteiger partial charge in [0.1, 0.15) is 0 Å². The molecule has 18 heavy (non-hydrogen) atoms. The van der Waals surface area contributed by atoms with Gasteiger partial charge >= 0.3 is 5.97 Å². The lowest BCUT2D eigenvalue weighted by Crippen LogP contribution is -2.21. The Morgan fingerprint density at radius 3 is 2.39 bits per heavy atom. The molecule has 0 saturated carbocycles. The molecule has 0 saturated heterocycles. The number of rotatable bonds is 6. The van der Waals surface area contributed by atoms with Crippen LogP contribution in [0.25, 0.3) is 0 Å². The Morgan fingerprint density at radius 2 is 1.89 bits per heavy atom. The maximum absolute atomic E-state index is 12.5. The molecular weight excluding hydrogens is 244 g/mol. The van der Waals surface area contributed by atoms with Crippen molar-refractivity contribution in [1.82, 2.24) is 5.32 Å². The SMILES string of the molecule is O=C(O)C(=O)/C=C(\NCc1ccccc1)C(F)F. The van der Waals surface area contributed by atoms with E-state index in [0.717, 1.165) is 5.56 Å². The Morgan fingerprint density at radius 1 is 1.28 bits per heavy atom. The monoisotopic (exact) mass is 255 g/mol. The van der Waals surface area contributed by atoms with E-state index in [4.69, 9.17) is 5.11 Å². The smallest absolute Gasteiger partial charge is 0.376 e. The van der Waals surface area contributed by atoms with E-state index in [2.05, 4.69) is 5.32 Å². The van der Waals surface area contributed by atoms with E-state index in [1.165, 1.54) is 0 Å². The first kappa shape index (κ1) is 13.8. The molecular formula is C12H11F2NO3. The summed E-state index contributed by atoms with van der Waals surface area (Å²) in [5.74, 6) is -3.15. The third kappa shape index (κ3) is 4.32. The number of hydrogen-bond acceptors (Lipinski definition) is 3. The first-order valence-electron chi connectivity index (χ1n) is 5.05. The lowest BCUT2D eigenvalue weighted by molar-refractivity contribution is -0.146. The number of carboxylic acids is 1. The number of carbonyl (C=O) groups excluding carboxylic acids is 1. The first-order valence-corrected chi connectivity index (χ1v) is 5.05. The molecule has 96 valence electrons. The number of nitrogens with one attached hydrogen (secondary N) is 1. The molecule has 2 N–H and O–H groups in total. The van der Waals surface area contributed by atoms with Crippen LogP contribution >= 0.6 is 0 Å². The normalized spacial score (nSPS) is 11.4. The van der Waals surface area contributed by atoms with E-state index in [-0.39, 0.29) is 6.54 Å². The summed E-state index contributed by atoms with van der Waals surface area (Å²) in [6.45, 7) is 0.0872. The van der Waals surface area contributed by atoms with Gasteiger partial charge in [-0.2, -0.15) is 0 Å². The summed E-state index contributed by atoms with van der Waals surface area (Å²) < 4.78 is 25.1. The highest BCUT2D eigenvalue weighted by Gasteiger charge is 2.16. The van der Waals surface area contributed by atoms with Gasteiger partial charge in [-0.3, -0.25) is 4.79 Å². The molecule has 0 aliphatic heterocycles. The molecule has 0 heterocycles. The molecule has 0 unspecified atom stereocenters. The summed E-state index contributed by atoms with van der Waals surface area (Å²) in [5, 5.41) is 10.7. The minimum absolute atomic E-state index is 0.0872. The quantitative estimate of drug-likeness (QED) is 0.598. The molecule has 0 atom stereocenters. The van der Waals surface area contributed by atoms with Gasteiger partial charge in [0.15, 0.2) is 0 Å². The van der Waals surface area contributed by atoms with Crippen molar-refractivity contribution < 1.29 is 23.5 Å². The number of carboxylic acid groups (broad SMARTS) is 1. The maximum atomic E-state index is 12.5. The zero-order valence-electron chi connectivity index (χ0n) is 9.27. The Kier molecular flexibility index (Phi) is 4.98. The topological polar surface area (TPSA) is 66.4 Å². The van der Waals surface area contributed by atoms with Gasteiger partial charge in [0.05, 0.1) is 5.70 Å². The van der Waals surface area contributed by atoms with Gasteiger partial charge in [0, 0.05) is 12.6 Å². The van der Waals surface area contributed by atoms with Crippen LogP contribution in [0.1, 0.15) is 5.56 Å². The number of alkyl halides is 2. The third-order valence-corrected chi connectivity index (χ3v) is 2.07. The summed E-state index contributed by atoms with van der Waals surface area (Å²) in [4.78, 5) is 21.1. The van der Waals surface area contributed by atoms with Crippen molar-refractivity contribution >= 4 is 11.8 Å². The average Bonchev–Trinajstić information content (AvgIpc) is 2.34. The fraction of sp³-hybridized carbons (Fsp3) is 0.167. The Bertz CT molecular complexity index is 458. The van der Waals surface area contributed by atoms with Crippen molar-refractivity contribution in [2.24, 2.45) is 0 Å². The van der Waals surface area contributed by atoms with Crippen molar-refractivity contribution in [3.63, 3.8) is 0 Å². The van der Waals surface area contributed by atoms with Crippen LogP contribution in [-0.4, -0.2) is 23.3 Å². The molecule has 4 nitrogen and oxygen atoms in total. The maximum Gasteiger partial charge on any atom is 0.376 e. The van der Waals surface area contributed by atoms with E-state index < -0.39 is 23.9 Å². The van der Waals surface area contributed by atoms with E-state index in [1.807, 2.05) is 0 Å². The average molecular weight is 255 g/mol. The molecule has 1 aromatic rings. The van der Waals surface area contributed by atoms with Gasteiger partial charge in [0.2, 0.25) is 0 Å². The molecule has 6 heteroatoms. The highest BCUT2D eigenvalue weighted by Crippen LogP contribution is 2.07. The molecule has 1 rings (SSSR count). The minimum atomic E-state index is -2.93. The van der Waals surface area contributed by atoms with E-state index in [1.54, 1.807) is 30.3 Å². The van der Waals surface area contributed by atoms with Crippen molar-refractivity contribution in [3.05, 3.63) is 47.7 Å². The Labute approximate surface area is 102 Å². The predicted octanol–water partition coefficient (Wildman–Crippen LogP) is 1.58. The van der Waals surface area contributed by atoms with Crippen LogP contribution in [0.2, 0.25) is 0 Å². The van der Waals surface area contributed by atoms with E-state index in [9.17, 15) is 18.4 Å². The number of halogens is 2. The van der Waals surface area contributed by atoms with Crippen LogP contribution in [0, 0.1) is 0 Å². The zero-order chi connectivity index (χ0) is 13.5. The summed E-state index contributed by atoms with van der Waals surface area (Å²) in [6.07, 6.45) is -2.53. The lowest BCUT2D eigenvalue weighted by atomic mass is 10.2. The van der Waals surface area contributed by atoms with Crippen molar-refractivity contribution in [1.29, 1.82) is 0 Å². The van der Waals surface area contributed by atoms with Crippen LogP contribution in [0.4, 0.5) is 8.78 Å². The van der Waals surface area contributed by atoms with Crippen LogP contribution in [-0.2, 0) is 16.1 Å². The molecule has 0 spiro atoms. The number of benzene rings is 1. The van der Waals surface area contributed by atoms with Gasteiger partial charge in [0.25, 0.3) is 12.2 Å². The van der Waals surface area contributed by atoms with E-state index in [0.29, 0.717) is 6.08 Å². The largest absolute Gasteiger partial charge is 0.475 e. The van der Waals surface area contributed by atoms with Gasteiger partial charge < -0.3 is 10.4 Å². The molecule has 0 aliphatic rings. The highest BCUT2D eigenvalue weighted by molar-refractivity contribution is 6.37. The zero-order valence-corrected chi connectivity index (χ0v) is 9.27. The fourth-order valence-electron chi connectivity index (χ4n) is 1.19. The Hall–Kier alpha value is -2.24. The molecule has 1 aromatic carbocycles. The van der Waals surface area contributed by atoms with Gasteiger partial charge in [-0.1, -0.05) is 30.3 Å². The highest BCUT2D eigenvalue weighted by atomic mass is 19.3. The standard InChI is InChI=1S/C12H11F2NO3/c13-11(14)9(6-10(16)12(17)18)15-7-8-4-2-1-3-5-8/h1-6,11,15H,7H2,(H,17,18)/b9-6-. The molecule has 0 radical (unpaired) electrons. The second-order valence-corrected chi connectivity index (χ2v) is 3.41. The van der Waals surface area contributed by atoms with Gasteiger partial charge in [-0.05, 0) is 5.56 Å². The van der Waals surface area contributed by atoms with E-state index >= 15 is 0 Å². The van der Waals surface area contributed by atoms with Crippen molar-refractivity contribution in [3.8, 4) is 0 Å². The summed E-state index contributed by atoms with van der Waals surface area (Å²) in [6, 6.07) is 8.70. The van der Waals surface area contributed by atoms with Crippen LogP contribution in [0.5, 0.6) is 0 Å². The number of allylic oxidation sites excluding steroid dienone is 1.